The van der Waals surface area contributed by atoms with E-state index in [1.165, 1.54) is 35.4 Å². The predicted octanol–water partition coefficient (Wildman–Crippen LogP) is 5.30. The monoisotopic (exact) mass is 964 g/mol. The number of carbonyl (C=O) groups excluding carboxylic acids is 6. The maximum absolute atomic E-state index is 13.3. The molecule has 6 amide bonds. The third-order valence-corrected chi connectivity index (χ3v) is 15.0. The van der Waals surface area contributed by atoms with E-state index in [0.717, 1.165) is 74.3 Å². The van der Waals surface area contributed by atoms with Gasteiger partial charge in [0.15, 0.2) is 0 Å². The minimum atomic E-state index is -1.18. The number of nitrogens with zero attached hydrogens (tertiary/aromatic N) is 6. The standard InChI is InChI=1S/C52H53FN10O8/c1-70-44-22-38-40(54-17-12-43(38)71-37-8-6-34(7-9-37)57-51(69)52(15-16-52)50(68)56-33-4-2-32(53)3-5-33)23-42(44)60-18-13-30(14-19-60)25-61-27-36-21-35(61)28-62(36)29-47(65)58-45-20-31-26-63(49(67)39(31)24-55-45)41-10-11-46(64)59-48(41)66/h2-9,12,17,20,22-24,30,35-36,41H,10-11,13-16,18-19,21,25-29H2,1H3,(H,56,68)(H,57,69)(H,55,58,65)(H,59,64,66)/t35-,36-,41?/m0/s1. The van der Waals surface area contributed by atoms with Gasteiger partial charge in [-0.2, -0.15) is 0 Å². The third-order valence-electron chi connectivity index (χ3n) is 15.0. The van der Waals surface area contributed by atoms with Crippen LogP contribution in [0.15, 0.2) is 85.2 Å². The van der Waals surface area contributed by atoms with Crippen LogP contribution in [-0.4, -0.2) is 125 Å². The minimum absolute atomic E-state index is 0.161. The highest BCUT2D eigenvalue weighted by Crippen LogP contribution is 2.48. The van der Waals surface area contributed by atoms with Crippen molar-refractivity contribution in [1.29, 1.82) is 0 Å². The van der Waals surface area contributed by atoms with Crippen LogP contribution < -0.4 is 35.6 Å². The van der Waals surface area contributed by atoms with E-state index >= 15 is 0 Å². The van der Waals surface area contributed by atoms with Crippen molar-refractivity contribution in [3.05, 3.63) is 102 Å². The second-order valence-corrected chi connectivity index (χ2v) is 19.5. The number of rotatable bonds is 14. The number of carbonyl (C=O) groups is 6. The number of likely N-dealkylation sites (tertiary alicyclic amines) is 2. The smallest absolute Gasteiger partial charge is 0.256 e. The van der Waals surface area contributed by atoms with Gasteiger partial charge < -0.3 is 35.2 Å². The van der Waals surface area contributed by atoms with Crippen LogP contribution in [0.25, 0.3) is 10.9 Å². The van der Waals surface area contributed by atoms with Crippen LogP contribution >= 0.6 is 0 Å². The first kappa shape index (κ1) is 45.9. The molecule has 5 aliphatic heterocycles. The van der Waals surface area contributed by atoms with Crippen molar-refractivity contribution < 1.29 is 42.6 Å². The van der Waals surface area contributed by atoms with Gasteiger partial charge in [-0.3, -0.25) is 48.9 Å². The van der Waals surface area contributed by atoms with Gasteiger partial charge in [-0.1, -0.05) is 0 Å². The SMILES string of the molecule is COc1cc2c(Oc3ccc(NC(=O)C4(C(=O)Nc5ccc(F)cc5)CC4)cc3)ccnc2cc1N1CCC(CN2C[C@@H]3C[C@H]2CN3CC(=O)Nc2cc3c(cn2)C(=O)N(C2CCC(=O)NC2=O)C3)CC1. The molecule has 5 aromatic rings. The van der Waals surface area contributed by atoms with E-state index in [1.807, 2.05) is 6.07 Å². The fourth-order valence-corrected chi connectivity index (χ4v) is 10.9. The number of hydrogen-bond acceptors (Lipinski definition) is 13. The molecule has 6 aliphatic rings. The van der Waals surface area contributed by atoms with Gasteiger partial charge in [0.05, 0.1) is 30.4 Å². The van der Waals surface area contributed by atoms with Gasteiger partial charge in [-0.25, -0.2) is 9.37 Å². The van der Waals surface area contributed by atoms with E-state index in [9.17, 15) is 33.2 Å². The first-order chi connectivity index (χ1) is 34.4. The molecule has 0 radical (unpaired) electrons. The fraction of sp³-hybridized carbons (Fsp3) is 0.385. The van der Waals surface area contributed by atoms with Crippen molar-refractivity contribution in [2.24, 2.45) is 11.3 Å². The van der Waals surface area contributed by atoms with E-state index in [1.54, 1.807) is 49.7 Å². The summed E-state index contributed by atoms with van der Waals surface area (Å²) in [5, 5.41) is 11.6. The Morgan fingerprint density at radius 2 is 1.54 bits per heavy atom. The van der Waals surface area contributed by atoms with Crippen molar-refractivity contribution in [3.8, 4) is 17.2 Å². The molecular weight excluding hydrogens is 912 g/mol. The molecule has 18 nitrogen and oxygen atoms in total. The summed E-state index contributed by atoms with van der Waals surface area (Å²) >= 11 is 0. The van der Waals surface area contributed by atoms with Gasteiger partial charge >= 0.3 is 0 Å². The number of hydrogen-bond donors (Lipinski definition) is 4. The van der Waals surface area contributed by atoms with Gasteiger partial charge in [-0.15, -0.1) is 0 Å². The molecule has 1 aliphatic carbocycles. The number of piperazine rings is 1. The predicted molar refractivity (Wildman–Crippen MR) is 259 cm³/mol. The molecule has 366 valence electrons. The molecule has 71 heavy (non-hydrogen) atoms. The van der Waals surface area contributed by atoms with Gasteiger partial charge in [0, 0.05) is 86.9 Å². The Kier molecular flexibility index (Phi) is 12.1. The van der Waals surface area contributed by atoms with Crippen LogP contribution in [0.1, 0.15) is 60.9 Å². The largest absolute Gasteiger partial charge is 0.495 e. The van der Waals surface area contributed by atoms with Crippen LogP contribution in [0.5, 0.6) is 17.2 Å². The maximum Gasteiger partial charge on any atom is 0.256 e. The molecule has 19 heteroatoms. The molecule has 1 saturated carbocycles. The summed E-state index contributed by atoms with van der Waals surface area (Å²) in [6, 6.07) is 19.9. The molecule has 7 heterocycles. The van der Waals surface area contributed by atoms with Gasteiger partial charge in [0.2, 0.25) is 29.5 Å². The van der Waals surface area contributed by atoms with Crippen molar-refractivity contribution in [3.63, 3.8) is 0 Å². The minimum Gasteiger partial charge on any atom is -0.495 e. The quantitative estimate of drug-likeness (QED) is 0.0825. The van der Waals surface area contributed by atoms with E-state index in [2.05, 4.69) is 47.0 Å². The van der Waals surface area contributed by atoms with Crippen LogP contribution in [0.2, 0.25) is 0 Å². The molecule has 5 fully saturated rings. The summed E-state index contributed by atoms with van der Waals surface area (Å²) in [6.45, 7) is 4.98. The number of amides is 6. The fourth-order valence-electron chi connectivity index (χ4n) is 10.9. The number of piperidine rings is 2. The third kappa shape index (κ3) is 9.22. The number of imide groups is 1. The summed E-state index contributed by atoms with van der Waals surface area (Å²) in [7, 11) is 1.67. The lowest BCUT2D eigenvalue weighted by atomic mass is 9.95. The Morgan fingerprint density at radius 3 is 2.21 bits per heavy atom. The number of fused-ring (bicyclic) bond motifs is 4. The Hall–Kier alpha value is -7.51. The number of ether oxygens (including phenoxy) is 2. The number of aromatic nitrogens is 2. The summed E-state index contributed by atoms with van der Waals surface area (Å²) in [5.74, 6) is 0.269. The zero-order chi connectivity index (χ0) is 49.0. The Bertz CT molecular complexity index is 2960. The lowest BCUT2D eigenvalue weighted by molar-refractivity contribution is -0.137. The highest BCUT2D eigenvalue weighted by molar-refractivity contribution is 6.17. The van der Waals surface area contributed by atoms with Crippen molar-refractivity contribution in [2.75, 3.05) is 67.2 Å². The van der Waals surface area contributed by atoms with Crippen molar-refractivity contribution in [2.45, 2.75) is 69.6 Å². The molecule has 0 spiro atoms. The number of methoxy groups -OCH3 is 1. The second kappa shape index (κ2) is 18.7. The van der Waals surface area contributed by atoms with Crippen LogP contribution in [0.3, 0.4) is 0 Å². The van der Waals surface area contributed by atoms with Gasteiger partial charge in [0.1, 0.15) is 40.3 Å². The van der Waals surface area contributed by atoms with Crippen LogP contribution in [-0.2, 0) is 30.5 Å². The topological polar surface area (TPSA) is 208 Å². The van der Waals surface area contributed by atoms with E-state index < -0.39 is 35.0 Å². The lowest BCUT2D eigenvalue weighted by Gasteiger charge is -2.39. The molecular formula is C52H53FN10O8. The Labute approximate surface area is 408 Å². The first-order valence-electron chi connectivity index (χ1n) is 24.2. The highest BCUT2D eigenvalue weighted by atomic mass is 19.1. The summed E-state index contributed by atoms with van der Waals surface area (Å²) in [5.41, 5.74) is 2.60. The number of anilines is 4. The van der Waals surface area contributed by atoms with Crippen molar-refractivity contribution >= 4 is 69.2 Å². The highest BCUT2D eigenvalue weighted by Gasteiger charge is 2.56. The second-order valence-electron chi connectivity index (χ2n) is 19.5. The maximum atomic E-state index is 13.3. The number of benzene rings is 3. The number of pyridine rings is 2. The number of halogens is 1. The zero-order valence-electron chi connectivity index (χ0n) is 39.1. The van der Waals surface area contributed by atoms with Gasteiger partial charge in [0.25, 0.3) is 5.91 Å². The first-order valence-corrected chi connectivity index (χ1v) is 24.2. The average Bonchev–Trinajstić information content (AvgIpc) is 3.84. The summed E-state index contributed by atoms with van der Waals surface area (Å²) in [4.78, 5) is 94.4. The molecule has 4 saturated heterocycles. The lowest BCUT2D eigenvalue weighted by Crippen LogP contribution is -2.52. The molecule has 1 unspecified atom stereocenters. The Morgan fingerprint density at radius 1 is 0.831 bits per heavy atom. The van der Waals surface area contributed by atoms with E-state index in [-0.39, 0.29) is 43.7 Å². The normalized spacial score (nSPS) is 21.8. The van der Waals surface area contributed by atoms with Gasteiger partial charge in [-0.05, 0) is 123 Å². The van der Waals surface area contributed by atoms with E-state index in [0.29, 0.717) is 70.7 Å². The molecule has 3 aromatic carbocycles. The van der Waals surface area contributed by atoms with E-state index in [4.69, 9.17) is 14.5 Å². The average molecular weight is 965 g/mol. The summed E-state index contributed by atoms with van der Waals surface area (Å²) < 4.78 is 25.6. The van der Waals surface area contributed by atoms with Crippen molar-refractivity contribution in [1.82, 2.24) is 30.0 Å². The molecule has 11 rings (SSSR count). The molecule has 2 aromatic heterocycles. The van der Waals surface area contributed by atoms with Crippen LogP contribution in [0.4, 0.5) is 27.3 Å². The molecule has 3 atom stereocenters. The Balaban J connectivity index is 0.646. The van der Waals surface area contributed by atoms with Crippen LogP contribution in [0, 0.1) is 17.2 Å². The number of nitrogens with one attached hydrogen (secondary N) is 4. The summed E-state index contributed by atoms with van der Waals surface area (Å²) in [6.07, 6.45) is 7.55. The molecule has 2 bridgehead atoms. The zero-order valence-corrected chi connectivity index (χ0v) is 39.1. The molecule has 4 N–H and O–H groups in total.